The van der Waals surface area contributed by atoms with E-state index in [1.54, 1.807) is 11.9 Å². The molecule has 2 atom stereocenters. The van der Waals surface area contributed by atoms with E-state index in [4.69, 9.17) is 1.37 Å². The maximum atomic E-state index is 12.3. The number of nitrogens with zero attached hydrogens (tertiary/aromatic N) is 1. The van der Waals surface area contributed by atoms with Crippen LogP contribution in [0.4, 0.5) is 4.39 Å². The molecule has 1 aliphatic heterocycles. The Morgan fingerprint density at radius 3 is 2.86 bits per heavy atom. The molecule has 0 aromatic heterocycles. The Balaban J connectivity index is 2.39. The van der Waals surface area contributed by atoms with Crippen molar-refractivity contribution in [1.29, 1.82) is 0 Å². The predicted octanol–water partition coefficient (Wildman–Crippen LogP) is 0.660. The van der Waals surface area contributed by atoms with Crippen molar-refractivity contribution < 1.29 is 5.76 Å². The Morgan fingerprint density at radius 2 is 2.71 bits per heavy atom. The average molecular weight is 104 g/mol. The first-order valence-electron chi connectivity index (χ1n) is 3.04. The molecule has 1 nitrogen and oxygen atoms in total. The van der Waals surface area contributed by atoms with E-state index in [2.05, 4.69) is 0 Å². The molecule has 0 saturated carbocycles. The molecule has 0 aliphatic carbocycles. The summed E-state index contributed by atoms with van der Waals surface area (Å²) in [6.45, 7) is 0.138. The molecule has 0 aromatic rings. The summed E-state index contributed by atoms with van der Waals surface area (Å²) in [6.07, 6.45) is -0.376. The maximum Gasteiger partial charge on any atom is 0.114 e. The molecule has 0 spiro atoms. The fraction of sp³-hybridized carbons (Fsp3) is 1.00. The summed E-state index contributed by atoms with van der Waals surface area (Å²) in [5, 5.41) is 0. The Kier molecular flexibility index (Phi) is 0.978. The molecule has 2 heteroatoms. The summed E-state index contributed by atoms with van der Waals surface area (Å²) < 4.78 is 19.4. The van der Waals surface area contributed by atoms with Crippen molar-refractivity contribution >= 4 is 0 Å². The van der Waals surface area contributed by atoms with Gasteiger partial charge in [0.25, 0.3) is 0 Å². The highest BCUT2D eigenvalue weighted by atomic mass is 19.1. The minimum Gasteiger partial charge on any atom is -0.303 e. The molecule has 42 valence electrons. The van der Waals surface area contributed by atoms with Crippen molar-refractivity contribution in [1.82, 2.24) is 4.90 Å². The number of hydrogen-bond donors (Lipinski definition) is 0. The first-order valence-corrected chi connectivity index (χ1v) is 2.46. The van der Waals surface area contributed by atoms with Gasteiger partial charge in [0.05, 0.1) is 0 Å². The largest absolute Gasteiger partial charge is 0.303 e. The molecule has 0 bridgehead atoms. The van der Waals surface area contributed by atoms with Crippen LogP contribution in [-0.2, 0) is 0 Å². The van der Waals surface area contributed by atoms with Crippen molar-refractivity contribution in [3.63, 3.8) is 0 Å². The van der Waals surface area contributed by atoms with Gasteiger partial charge in [-0.15, -0.1) is 0 Å². The van der Waals surface area contributed by atoms with Crippen LogP contribution in [0.15, 0.2) is 0 Å². The molecule has 0 aromatic carbocycles. The molecular formula is C5H10FN. The third-order valence-corrected chi connectivity index (χ3v) is 1.16. The predicted molar refractivity (Wildman–Crippen MR) is 27.0 cm³/mol. The lowest BCUT2D eigenvalue weighted by Gasteiger charge is -2.01. The highest BCUT2D eigenvalue weighted by molar-refractivity contribution is 4.70. The molecule has 0 amide bonds. The first kappa shape index (κ1) is 3.84. The Bertz CT molecular complexity index is 78.5. The van der Waals surface area contributed by atoms with Gasteiger partial charge in [0.1, 0.15) is 6.17 Å². The summed E-state index contributed by atoms with van der Waals surface area (Å²) in [5.41, 5.74) is 0. The van der Waals surface area contributed by atoms with Crippen LogP contribution in [0.3, 0.4) is 0 Å². The second-order valence-electron chi connectivity index (χ2n) is 1.96. The van der Waals surface area contributed by atoms with Gasteiger partial charge in [0, 0.05) is 14.4 Å². The lowest BCUT2D eigenvalue weighted by molar-refractivity contribution is 0.321. The van der Waals surface area contributed by atoms with Crippen LogP contribution in [0.5, 0.6) is 0 Å². The van der Waals surface area contributed by atoms with E-state index in [0.717, 1.165) is 0 Å². The Morgan fingerprint density at radius 1 is 2.00 bits per heavy atom. The van der Waals surface area contributed by atoms with Gasteiger partial charge in [-0.1, -0.05) is 0 Å². The summed E-state index contributed by atoms with van der Waals surface area (Å²) in [7, 11) is 1.78. The van der Waals surface area contributed by atoms with Crippen LogP contribution in [0.1, 0.15) is 7.79 Å². The van der Waals surface area contributed by atoms with Crippen molar-refractivity contribution in [2.45, 2.75) is 12.6 Å². The molecule has 1 saturated heterocycles. The highest BCUT2D eigenvalue weighted by Crippen LogP contribution is 2.08. The summed E-state index contributed by atoms with van der Waals surface area (Å²) >= 11 is 0. The quantitative estimate of drug-likeness (QED) is 0.436. The van der Waals surface area contributed by atoms with Gasteiger partial charge >= 0.3 is 0 Å². The van der Waals surface area contributed by atoms with Gasteiger partial charge in [-0.25, -0.2) is 4.39 Å². The summed E-state index contributed by atoms with van der Waals surface area (Å²) in [5.74, 6) is 0. The molecule has 1 aliphatic rings. The zero-order chi connectivity index (χ0) is 6.15. The van der Waals surface area contributed by atoms with Crippen LogP contribution in [0.25, 0.3) is 0 Å². The molecular weight excluding hydrogens is 93.1 g/mol. The number of rotatable bonds is 0. The van der Waals surface area contributed by atoms with E-state index in [1.807, 2.05) is 0 Å². The van der Waals surface area contributed by atoms with Gasteiger partial charge < -0.3 is 4.90 Å². The Labute approximate surface area is 44.5 Å². The average Bonchev–Trinajstić information content (AvgIpc) is 1.85. The summed E-state index contributed by atoms with van der Waals surface area (Å²) in [6, 6.07) is 0. The first-order chi connectivity index (χ1) is 3.70. The van der Waals surface area contributed by atoms with E-state index in [-0.39, 0.29) is 6.52 Å². The van der Waals surface area contributed by atoms with E-state index in [9.17, 15) is 4.39 Å². The standard InChI is InChI=1S/C5H10FN/c1-7-3-2-5(6)4-7/h5H,2-4H2,1H3/i3D. The minimum absolute atomic E-state index is 0.301. The number of halogens is 1. The molecule has 1 rings (SSSR count). The van der Waals surface area contributed by atoms with Gasteiger partial charge in [0.15, 0.2) is 0 Å². The zero-order valence-corrected chi connectivity index (χ0v) is 4.39. The molecule has 1 fully saturated rings. The van der Waals surface area contributed by atoms with E-state index in [1.165, 1.54) is 0 Å². The molecule has 0 radical (unpaired) electrons. The van der Waals surface area contributed by atoms with Gasteiger partial charge in [-0.05, 0) is 13.5 Å². The topological polar surface area (TPSA) is 3.24 Å². The number of hydrogen-bond acceptors (Lipinski definition) is 1. The second-order valence-corrected chi connectivity index (χ2v) is 1.96. The van der Waals surface area contributed by atoms with Crippen LogP contribution in [0.2, 0.25) is 0 Å². The van der Waals surface area contributed by atoms with Crippen molar-refractivity contribution in [2.24, 2.45) is 0 Å². The van der Waals surface area contributed by atoms with E-state index >= 15 is 0 Å². The minimum atomic E-state index is -0.762. The second kappa shape index (κ2) is 1.78. The fourth-order valence-corrected chi connectivity index (χ4v) is 0.756. The van der Waals surface area contributed by atoms with Crippen molar-refractivity contribution in [3.8, 4) is 0 Å². The smallest absolute Gasteiger partial charge is 0.114 e. The molecule has 0 N–H and O–H groups in total. The zero-order valence-electron chi connectivity index (χ0n) is 5.39. The number of likely N-dealkylation sites (tertiary alicyclic amines) is 1. The fourth-order valence-electron chi connectivity index (χ4n) is 0.756. The van der Waals surface area contributed by atoms with Gasteiger partial charge in [-0.2, -0.15) is 0 Å². The van der Waals surface area contributed by atoms with Crippen LogP contribution >= 0.6 is 0 Å². The monoisotopic (exact) mass is 104 g/mol. The molecule has 1 heterocycles. The third-order valence-electron chi connectivity index (χ3n) is 1.16. The van der Waals surface area contributed by atoms with Crippen LogP contribution in [0, 0.1) is 0 Å². The Hall–Kier alpha value is -0.110. The van der Waals surface area contributed by atoms with Crippen molar-refractivity contribution in [2.75, 3.05) is 20.1 Å². The molecule has 2 unspecified atom stereocenters. The SMILES string of the molecule is [2H]C1CC(F)CN1C. The lowest BCUT2D eigenvalue weighted by Crippen LogP contribution is -2.13. The molecule has 7 heavy (non-hydrogen) atoms. The number of alkyl halides is 1. The third kappa shape index (κ3) is 1.13. The van der Waals surface area contributed by atoms with E-state index < -0.39 is 6.17 Å². The van der Waals surface area contributed by atoms with E-state index in [0.29, 0.717) is 13.0 Å². The van der Waals surface area contributed by atoms with Gasteiger partial charge in [0.2, 0.25) is 0 Å². The van der Waals surface area contributed by atoms with Crippen molar-refractivity contribution in [3.05, 3.63) is 0 Å². The van der Waals surface area contributed by atoms with Gasteiger partial charge in [-0.3, -0.25) is 0 Å². The van der Waals surface area contributed by atoms with Crippen LogP contribution < -0.4 is 0 Å². The lowest BCUT2D eigenvalue weighted by atomic mass is 10.4. The van der Waals surface area contributed by atoms with Crippen LogP contribution in [-0.4, -0.2) is 31.2 Å². The summed E-state index contributed by atoms with van der Waals surface area (Å²) in [4.78, 5) is 1.71. The highest BCUT2D eigenvalue weighted by Gasteiger charge is 2.16. The normalized spacial score (nSPS) is 46.9. The maximum absolute atomic E-state index is 12.3.